The zero-order chi connectivity index (χ0) is 24.9. The number of hydrogen-bond acceptors (Lipinski definition) is 7. The Morgan fingerprint density at radius 2 is 1.74 bits per heavy atom. The predicted octanol–water partition coefficient (Wildman–Crippen LogP) is 3.29. The molecule has 9 heteroatoms. The lowest BCUT2D eigenvalue weighted by atomic mass is 10.1. The molecule has 0 spiro atoms. The molecule has 3 amide bonds. The second-order valence-corrected chi connectivity index (χ2v) is 7.94. The lowest BCUT2D eigenvalue weighted by molar-refractivity contribution is -0.133. The van der Waals surface area contributed by atoms with Crippen molar-refractivity contribution >= 4 is 23.7 Å². The van der Waals surface area contributed by atoms with Gasteiger partial charge in [-0.25, -0.2) is 4.79 Å². The maximum atomic E-state index is 12.7. The van der Waals surface area contributed by atoms with Crippen molar-refractivity contribution in [2.45, 2.75) is 20.0 Å². The number of carbonyl (C=O) groups excluding carboxylic acids is 4. The molecule has 0 aliphatic carbocycles. The van der Waals surface area contributed by atoms with Crippen LogP contribution >= 0.6 is 0 Å². The average Bonchev–Trinajstić information content (AvgIpc) is 3.46. The normalized spacial score (nSPS) is 12.5. The molecular weight excluding hydrogens is 452 g/mol. The fraction of sp³-hybridized carbons (Fsp3) is 0.231. The molecule has 0 atom stereocenters. The first-order valence-electron chi connectivity index (χ1n) is 11.0. The second-order valence-electron chi connectivity index (χ2n) is 7.94. The van der Waals surface area contributed by atoms with Gasteiger partial charge in [0.05, 0.1) is 36.1 Å². The number of benzene rings is 2. The van der Waals surface area contributed by atoms with E-state index >= 15 is 0 Å². The number of likely N-dealkylation sites (N-methyl/N-ethyl adjacent to an activating group) is 1. The van der Waals surface area contributed by atoms with E-state index in [1.54, 1.807) is 19.2 Å². The topological polar surface area (TPSA) is 106 Å². The van der Waals surface area contributed by atoms with Crippen molar-refractivity contribution in [3.8, 4) is 5.75 Å². The SMILES string of the molecule is CCOc1ccc(CN(C)C(=O)COC(=O)c2ccc3c(c2)C(=O)N(Cc2ccco2)C3=O)cc1. The minimum absolute atomic E-state index is 0.00564. The summed E-state index contributed by atoms with van der Waals surface area (Å²) in [5.41, 5.74) is 1.28. The highest BCUT2D eigenvalue weighted by molar-refractivity contribution is 6.21. The van der Waals surface area contributed by atoms with E-state index in [0.29, 0.717) is 18.9 Å². The molecule has 1 aromatic heterocycles. The molecule has 1 aliphatic heterocycles. The molecule has 0 fully saturated rings. The maximum Gasteiger partial charge on any atom is 0.338 e. The second kappa shape index (κ2) is 10.3. The fourth-order valence-electron chi connectivity index (χ4n) is 3.66. The zero-order valence-electron chi connectivity index (χ0n) is 19.4. The summed E-state index contributed by atoms with van der Waals surface area (Å²) in [6, 6.07) is 14.8. The Bertz CT molecular complexity index is 1250. The summed E-state index contributed by atoms with van der Waals surface area (Å²) < 4.78 is 15.8. The minimum Gasteiger partial charge on any atom is -0.494 e. The number of furan rings is 1. The third-order valence-electron chi connectivity index (χ3n) is 5.51. The largest absolute Gasteiger partial charge is 0.494 e. The van der Waals surface area contributed by atoms with Crippen LogP contribution in [0.1, 0.15) is 49.3 Å². The minimum atomic E-state index is -0.764. The van der Waals surface area contributed by atoms with E-state index in [4.69, 9.17) is 13.9 Å². The van der Waals surface area contributed by atoms with Gasteiger partial charge in [0.15, 0.2) is 6.61 Å². The summed E-state index contributed by atoms with van der Waals surface area (Å²) in [6.45, 7) is 2.35. The van der Waals surface area contributed by atoms with Gasteiger partial charge in [-0.05, 0) is 55.0 Å². The van der Waals surface area contributed by atoms with Gasteiger partial charge in [0.1, 0.15) is 11.5 Å². The molecule has 3 aromatic rings. The van der Waals surface area contributed by atoms with Crippen LogP contribution in [0.2, 0.25) is 0 Å². The van der Waals surface area contributed by atoms with E-state index in [9.17, 15) is 19.2 Å². The van der Waals surface area contributed by atoms with Crippen LogP contribution in [-0.2, 0) is 22.6 Å². The third kappa shape index (κ3) is 5.24. The first-order valence-corrected chi connectivity index (χ1v) is 11.0. The van der Waals surface area contributed by atoms with Gasteiger partial charge in [-0.3, -0.25) is 19.3 Å². The van der Waals surface area contributed by atoms with Crippen molar-refractivity contribution in [3.05, 3.63) is 88.9 Å². The van der Waals surface area contributed by atoms with Gasteiger partial charge in [-0.15, -0.1) is 0 Å². The number of hydrogen-bond donors (Lipinski definition) is 0. The van der Waals surface area contributed by atoms with Gasteiger partial charge in [-0.2, -0.15) is 0 Å². The van der Waals surface area contributed by atoms with Crippen LogP contribution in [0.25, 0.3) is 0 Å². The average molecular weight is 476 g/mol. The van der Waals surface area contributed by atoms with Crippen LogP contribution in [0.5, 0.6) is 5.75 Å². The van der Waals surface area contributed by atoms with Gasteiger partial charge in [0.25, 0.3) is 17.7 Å². The molecule has 0 radical (unpaired) electrons. The van der Waals surface area contributed by atoms with E-state index in [-0.39, 0.29) is 29.1 Å². The Kier molecular flexibility index (Phi) is 6.96. The van der Waals surface area contributed by atoms with Crippen molar-refractivity contribution in [1.82, 2.24) is 9.80 Å². The Morgan fingerprint density at radius 1 is 1.00 bits per heavy atom. The lowest BCUT2D eigenvalue weighted by Gasteiger charge is -2.17. The van der Waals surface area contributed by atoms with E-state index in [1.165, 1.54) is 29.4 Å². The molecular formula is C26H24N2O7. The summed E-state index contributed by atoms with van der Waals surface area (Å²) in [5.74, 6) is -0.927. The highest BCUT2D eigenvalue weighted by atomic mass is 16.5. The standard InChI is InChI=1S/C26H24N2O7/c1-3-33-19-9-6-17(7-10-19)14-27(2)23(29)16-35-26(32)18-8-11-21-22(13-18)25(31)28(24(21)30)15-20-5-4-12-34-20/h4-13H,3,14-16H2,1-2H3. The van der Waals surface area contributed by atoms with E-state index in [1.807, 2.05) is 31.2 Å². The van der Waals surface area contributed by atoms with Crippen LogP contribution in [-0.4, -0.2) is 53.8 Å². The molecule has 2 aromatic carbocycles. The Hall–Kier alpha value is -4.40. The molecule has 9 nitrogen and oxygen atoms in total. The zero-order valence-corrected chi connectivity index (χ0v) is 19.4. The van der Waals surface area contributed by atoms with E-state index < -0.39 is 24.4 Å². The molecule has 35 heavy (non-hydrogen) atoms. The first kappa shape index (κ1) is 23.7. The molecule has 0 saturated carbocycles. The molecule has 0 unspecified atom stereocenters. The van der Waals surface area contributed by atoms with E-state index in [0.717, 1.165) is 16.2 Å². The van der Waals surface area contributed by atoms with Gasteiger partial charge in [0, 0.05) is 13.6 Å². The number of nitrogens with zero attached hydrogens (tertiary/aromatic N) is 2. The smallest absolute Gasteiger partial charge is 0.338 e. The number of ether oxygens (including phenoxy) is 2. The molecule has 0 N–H and O–H groups in total. The third-order valence-corrected chi connectivity index (χ3v) is 5.51. The molecule has 1 aliphatic rings. The lowest BCUT2D eigenvalue weighted by Crippen LogP contribution is -2.30. The van der Waals surface area contributed by atoms with Crippen LogP contribution in [0.4, 0.5) is 0 Å². The van der Waals surface area contributed by atoms with Gasteiger partial charge in [0.2, 0.25) is 0 Å². The van der Waals surface area contributed by atoms with Gasteiger partial charge >= 0.3 is 5.97 Å². The van der Waals surface area contributed by atoms with Gasteiger partial charge < -0.3 is 18.8 Å². The Labute approximate surface area is 201 Å². The Balaban J connectivity index is 1.34. The maximum absolute atomic E-state index is 12.7. The van der Waals surface area contributed by atoms with Crippen molar-refractivity contribution in [1.29, 1.82) is 0 Å². The van der Waals surface area contributed by atoms with E-state index in [2.05, 4.69) is 0 Å². The highest BCUT2D eigenvalue weighted by Crippen LogP contribution is 2.26. The number of carbonyl (C=O) groups is 4. The van der Waals surface area contributed by atoms with Gasteiger partial charge in [-0.1, -0.05) is 12.1 Å². The van der Waals surface area contributed by atoms with Crippen LogP contribution in [0, 0.1) is 0 Å². The van der Waals surface area contributed by atoms with Crippen molar-refractivity contribution in [3.63, 3.8) is 0 Å². The predicted molar refractivity (Wildman–Crippen MR) is 124 cm³/mol. The number of amides is 3. The number of esters is 1. The molecule has 0 saturated heterocycles. The van der Waals surface area contributed by atoms with Crippen molar-refractivity contribution < 1.29 is 33.1 Å². The highest BCUT2D eigenvalue weighted by Gasteiger charge is 2.36. The summed E-state index contributed by atoms with van der Waals surface area (Å²) in [6.07, 6.45) is 1.46. The molecule has 4 rings (SSSR count). The fourth-order valence-corrected chi connectivity index (χ4v) is 3.66. The molecule has 0 bridgehead atoms. The number of imide groups is 1. The monoisotopic (exact) mass is 476 g/mol. The number of rotatable bonds is 9. The Morgan fingerprint density at radius 3 is 2.43 bits per heavy atom. The summed E-state index contributed by atoms with van der Waals surface area (Å²) in [4.78, 5) is 52.8. The summed E-state index contributed by atoms with van der Waals surface area (Å²) in [7, 11) is 1.61. The molecule has 2 heterocycles. The first-order chi connectivity index (χ1) is 16.9. The quantitative estimate of drug-likeness (QED) is 0.345. The van der Waals surface area contributed by atoms with Crippen molar-refractivity contribution in [2.75, 3.05) is 20.3 Å². The number of fused-ring (bicyclic) bond motifs is 1. The van der Waals surface area contributed by atoms with Crippen molar-refractivity contribution in [2.24, 2.45) is 0 Å². The van der Waals surface area contributed by atoms with Crippen LogP contribution in [0.15, 0.2) is 65.3 Å². The van der Waals surface area contributed by atoms with Crippen LogP contribution in [0.3, 0.4) is 0 Å². The molecule has 180 valence electrons. The summed E-state index contributed by atoms with van der Waals surface area (Å²) in [5, 5.41) is 0. The van der Waals surface area contributed by atoms with Crippen LogP contribution < -0.4 is 4.74 Å². The summed E-state index contributed by atoms with van der Waals surface area (Å²) >= 11 is 0.